The molecule has 0 spiro atoms. The molecular formula is C18H12F2N4OS2. The van der Waals surface area contributed by atoms with Gasteiger partial charge < -0.3 is 5.32 Å². The summed E-state index contributed by atoms with van der Waals surface area (Å²) in [6.45, 7) is 0. The summed E-state index contributed by atoms with van der Waals surface area (Å²) >= 11 is 2.88. The van der Waals surface area contributed by atoms with E-state index >= 15 is 0 Å². The molecule has 2 aromatic carbocycles. The van der Waals surface area contributed by atoms with Crippen LogP contribution in [0.15, 0.2) is 29.8 Å². The van der Waals surface area contributed by atoms with Crippen molar-refractivity contribution in [2.75, 3.05) is 5.32 Å². The second kappa shape index (κ2) is 6.21. The van der Waals surface area contributed by atoms with Gasteiger partial charge in [0.15, 0.2) is 16.8 Å². The fraction of sp³-hybridized carbons (Fsp3) is 0.167. The van der Waals surface area contributed by atoms with Gasteiger partial charge in [-0.05, 0) is 36.6 Å². The van der Waals surface area contributed by atoms with Crippen molar-refractivity contribution in [1.82, 2.24) is 15.3 Å². The van der Waals surface area contributed by atoms with Crippen molar-refractivity contribution in [3.8, 4) is 0 Å². The molecule has 1 atom stereocenters. The normalized spacial score (nSPS) is 16.0. The van der Waals surface area contributed by atoms with Crippen molar-refractivity contribution in [3.05, 3.63) is 52.5 Å². The third kappa shape index (κ3) is 2.74. The summed E-state index contributed by atoms with van der Waals surface area (Å²) in [6.07, 6.45) is 1.13. The Morgan fingerprint density at radius 1 is 1.22 bits per heavy atom. The molecule has 0 fully saturated rings. The molecule has 1 aliphatic carbocycles. The average Bonchev–Trinajstić information content (AvgIpc) is 3.35. The van der Waals surface area contributed by atoms with Gasteiger partial charge in [-0.1, -0.05) is 17.4 Å². The minimum atomic E-state index is -0.902. The molecule has 2 amide bonds. The first-order chi connectivity index (χ1) is 13.1. The average molecular weight is 402 g/mol. The van der Waals surface area contributed by atoms with Crippen LogP contribution in [0.2, 0.25) is 0 Å². The fourth-order valence-electron chi connectivity index (χ4n) is 3.45. The van der Waals surface area contributed by atoms with Crippen molar-refractivity contribution in [1.29, 1.82) is 0 Å². The number of anilines is 1. The number of rotatable bonds is 2. The molecule has 2 aromatic heterocycles. The van der Waals surface area contributed by atoms with Gasteiger partial charge in [0.25, 0.3) is 0 Å². The summed E-state index contributed by atoms with van der Waals surface area (Å²) in [6, 6.07) is 5.48. The standard InChI is InChI=1S/C18H12F2N4OS2/c19-9-3-1-8-2-4-10(13(8)14(9)20)22-17(25)24-18-23-11-5-6-12-15(16(11)27-18)21-7-26-12/h1,3,5-7,10H,2,4H2,(H2,22,23,24,25). The Kier molecular flexibility index (Phi) is 3.80. The minimum absolute atomic E-state index is 0.235. The summed E-state index contributed by atoms with van der Waals surface area (Å²) in [5.41, 5.74) is 4.36. The van der Waals surface area contributed by atoms with Gasteiger partial charge in [-0.25, -0.2) is 23.5 Å². The highest BCUT2D eigenvalue weighted by atomic mass is 32.1. The second-order valence-corrected chi connectivity index (χ2v) is 8.14. The van der Waals surface area contributed by atoms with Gasteiger partial charge in [-0.3, -0.25) is 5.32 Å². The second-order valence-electron chi connectivity index (χ2n) is 6.26. The van der Waals surface area contributed by atoms with E-state index < -0.39 is 23.7 Å². The molecule has 0 radical (unpaired) electrons. The molecule has 2 N–H and O–H groups in total. The van der Waals surface area contributed by atoms with Gasteiger partial charge in [0, 0.05) is 5.56 Å². The number of aryl methyl sites for hydroxylation is 1. The van der Waals surface area contributed by atoms with E-state index in [1.165, 1.54) is 11.3 Å². The maximum absolute atomic E-state index is 14.1. The number of benzene rings is 2. The molecule has 5 rings (SSSR count). The molecule has 1 unspecified atom stereocenters. The van der Waals surface area contributed by atoms with E-state index in [2.05, 4.69) is 20.6 Å². The molecule has 5 nitrogen and oxygen atoms in total. The van der Waals surface area contributed by atoms with Crippen molar-refractivity contribution >= 4 is 54.3 Å². The third-order valence-corrected chi connectivity index (χ3v) is 6.44. The van der Waals surface area contributed by atoms with Gasteiger partial charge in [-0.2, -0.15) is 0 Å². The van der Waals surface area contributed by atoms with Crippen LogP contribution in [0.4, 0.5) is 18.7 Å². The maximum atomic E-state index is 14.1. The van der Waals surface area contributed by atoms with Crippen molar-refractivity contribution < 1.29 is 13.6 Å². The highest BCUT2D eigenvalue weighted by Crippen LogP contribution is 2.35. The minimum Gasteiger partial charge on any atom is -0.331 e. The van der Waals surface area contributed by atoms with E-state index in [0.717, 1.165) is 32.1 Å². The Labute approximate surface area is 160 Å². The Bertz CT molecular complexity index is 1200. The quantitative estimate of drug-likeness (QED) is 0.496. The maximum Gasteiger partial charge on any atom is 0.321 e. The van der Waals surface area contributed by atoms with Gasteiger partial charge in [-0.15, -0.1) is 11.3 Å². The number of nitrogens with one attached hydrogen (secondary N) is 2. The number of aromatic nitrogens is 2. The predicted octanol–water partition coefficient (Wildman–Crippen LogP) is 4.99. The smallest absolute Gasteiger partial charge is 0.321 e. The number of halogens is 2. The predicted molar refractivity (Wildman–Crippen MR) is 102 cm³/mol. The van der Waals surface area contributed by atoms with Crippen LogP contribution in [-0.4, -0.2) is 16.0 Å². The van der Waals surface area contributed by atoms with Gasteiger partial charge in [0.2, 0.25) is 0 Å². The lowest BCUT2D eigenvalue weighted by molar-refractivity contribution is 0.248. The lowest BCUT2D eigenvalue weighted by Crippen LogP contribution is -2.32. The molecule has 1 aliphatic rings. The van der Waals surface area contributed by atoms with E-state index in [4.69, 9.17) is 0 Å². The molecule has 27 heavy (non-hydrogen) atoms. The molecule has 4 aromatic rings. The van der Waals surface area contributed by atoms with Gasteiger partial charge >= 0.3 is 6.03 Å². The first-order valence-electron chi connectivity index (χ1n) is 8.27. The fourth-order valence-corrected chi connectivity index (χ4v) is 5.16. The number of hydrogen-bond donors (Lipinski definition) is 2. The number of carbonyl (C=O) groups is 1. The van der Waals surface area contributed by atoms with Crippen LogP contribution in [-0.2, 0) is 6.42 Å². The summed E-state index contributed by atoms with van der Waals surface area (Å²) in [5, 5.41) is 5.85. The van der Waals surface area contributed by atoms with Crippen molar-refractivity contribution in [2.45, 2.75) is 18.9 Å². The van der Waals surface area contributed by atoms with E-state index in [0.29, 0.717) is 18.0 Å². The SMILES string of the molecule is O=C(Nc1nc2ccc3scnc3c2s1)NC1CCc2ccc(F)c(F)c21. The van der Waals surface area contributed by atoms with E-state index in [9.17, 15) is 13.6 Å². The van der Waals surface area contributed by atoms with Crippen LogP contribution in [0.1, 0.15) is 23.6 Å². The number of amides is 2. The number of thiazole rings is 2. The summed E-state index contributed by atoms with van der Waals surface area (Å²) in [7, 11) is 0. The zero-order valence-electron chi connectivity index (χ0n) is 13.8. The largest absolute Gasteiger partial charge is 0.331 e. The number of nitrogens with zero attached hydrogens (tertiary/aromatic N) is 2. The van der Waals surface area contributed by atoms with Crippen LogP contribution >= 0.6 is 22.7 Å². The van der Waals surface area contributed by atoms with E-state index in [1.807, 2.05) is 12.1 Å². The zero-order valence-corrected chi connectivity index (χ0v) is 15.4. The number of fused-ring (bicyclic) bond motifs is 4. The number of urea groups is 1. The molecule has 9 heteroatoms. The van der Waals surface area contributed by atoms with E-state index in [1.54, 1.807) is 22.9 Å². The highest BCUT2D eigenvalue weighted by molar-refractivity contribution is 7.24. The summed E-state index contributed by atoms with van der Waals surface area (Å²) < 4.78 is 29.6. The topological polar surface area (TPSA) is 66.9 Å². The van der Waals surface area contributed by atoms with Gasteiger partial charge in [0.05, 0.1) is 26.5 Å². The van der Waals surface area contributed by atoms with Crippen LogP contribution in [0.3, 0.4) is 0 Å². The lowest BCUT2D eigenvalue weighted by atomic mass is 10.1. The van der Waals surface area contributed by atoms with Crippen LogP contribution in [0.25, 0.3) is 20.4 Å². The molecule has 0 saturated carbocycles. The van der Waals surface area contributed by atoms with Crippen molar-refractivity contribution in [2.24, 2.45) is 0 Å². The molecular weight excluding hydrogens is 390 g/mol. The molecule has 0 aliphatic heterocycles. The molecule has 0 bridgehead atoms. The van der Waals surface area contributed by atoms with Crippen molar-refractivity contribution in [3.63, 3.8) is 0 Å². The Hall–Kier alpha value is -2.65. The first kappa shape index (κ1) is 16.5. The number of hydrogen-bond acceptors (Lipinski definition) is 5. The van der Waals surface area contributed by atoms with Crippen LogP contribution < -0.4 is 10.6 Å². The third-order valence-electron chi connectivity index (χ3n) is 4.66. The zero-order chi connectivity index (χ0) is 18.5. The molecule has 0 saturated heterocycles. The molecule has 136 valence electrons. The summed E-state index contributed by atoms with van der Waals surface area (Å²) in [5.74, 6) is -1.79. The number of carbonyl (C=O) groups excluding carboxylic acids is 1. The van der Waals surface area contributed by atoms with Crippen LogP contribution in [0, 0.1) is 11.6 Å². The first-order valence-corrected chi connectivity index (χ1v) is 9.97. The Balaban J connectivity index is 1.38. The molecule has 2 heterocycles. The van der Waals surface area contributed by atoms with E-state index in [-0.39, 0.29) is 5.56 Å². The lowest BCUT2D eigenvalue weighted by Gasteiger charge is -2.15. The monoisotopic (exact) mass is 402 g/mol. The van der Waals surface area contributed by atoms with Crippen LogP contribution in [0.5, 0.6) is 0 Å². The van der Waals surface area contributed by atoms with Gasteiger partial charge in [0.1, 0.15) is 5.52 Å². The summed E-state index contributed by atoms with van der Waals surface area (Å²) in [4.78, 5) is 21.1. The Morgan fingerprint density at radius 2 is 2.11 bits per heavy atom. The Morgan fingerprint density at radius 3 is 3.00 bits per heavy atom. The highest BCUT2D eigenvalue weighted by Gasteiger charge is 2.29.